The molecule has 1 aliphatic heterocycles. The Hall–Kier alpha value is -3.48. The summed E-state index contributed by atoms with van der Waals surface area (Å²) >= 11 is 0. The number of hydrogen-bond donors (Lipinski definition) is 1. The van der Waals surface area contributed by atoms with Gasteiger partial charge in [-0.2, -0.15) is 0 Å². The van der Waals surface area contributed by atoms with Crippen LogP contribution in [0.25, 0.3) is 11.4 Å². The molecular weight excluding hydrogens is 390 g/mol. The molecule has 1 saturated heterocycles. The molecule has 1 aliphatic carbocycles. The maximum absolute atomic E-state index is 13.1. The first-order valence-corrected chi connectivity index (χ1v) is 10.7. The van der Waals surface area contributed by atoms with Gasteiger partial charge in [0.15, 0.2) is 5.82 Å². The average molecular weight is 415 g/mol. The highest BCUT2D eigenvalue weighted by atomic mass is 16.5. The highest BCUT2D eigenvalue weighted by Gasteiger charge is 2.33. The number of amides is 1. The molecule has 1 N–H and O–H groups in total. The van der Waals surface area contributed by atoms with Crippen molar-refractivity contribution in [3.8, 4) is 17.1 Å². The number of anilines is 1. The Balaban J connectivity index is 1.34. The normalized spacial score (nSPS) is 17.6. The van der Waals surface area contributed by atoms with Gasteiger partial charge >= 0.3 is 0 Å². The van der Waals surface area contributed by atoms with E-state index >= 15 is 0 Å². The second kappa shape index (κ2) is 8.34. The zero-order valence-electron chi connectivity index (χ0n) is 17.5. The Labute approximate surface area is 181 Å². The third-order valence-corrected chi connectivity index (χ3v) is 5.99. The van der Waals surface area contributed by atoms with Crippen LogP contribution in [0.4, 0.5) is 5.82 Å². The highest BCUT2D eigenvalue weighted by Crippen LogP contribution is 2.30. The van der Waals surface area contributed by atoms with Crippen LogP contribution >= 0.6 is 0 Å². The molecule has 1 unspecified atom stereocenters. The van der Waals surface area contributed by atoms with Crippen LogP contribution in [0.15, 0.2) is 48.8 Å². The average Bonchev–Trinajstić information content (AvgIpc) is 3.42. The van der Waals surface area contributed by atoms with Crippen LogP contribution in [0.1, 0.15) is 29.7 Å². The molecule has 158 valence electrons. The zero-order chi connectivity index (χ0) is 21.2. The molecule has 0 saturated carbocycles. The molecule has 3 aromatic rings. The largest absolute Gasteiger partial charge is 0.497 e. The summed E-state index contributed by atoms with van der Waals surface area (Å²) in [5.41, 5.74) is 4.21. The molecule has 1 amide bonds. The van der Waals surface area contributed by atoms with Gasteiger partial charge < -0.3 is 15.0 Å². The minimum atomic E-state index is -0.264. The summed E-state index contributed by atoms with van der Waals surface area (Å²) in [5.74, 6) is 2.39. The van der Waals surface area contributed by atoms with Crippen LogP contribution in [-0.4, -0.2) is 45.5 Å². The fraction of sp³-hybridized carbons (Fsp3) is 0.333. The van der Waals surface area contributed by atoms with Crippen molar-refractivity contribution < 1.29 is 9.53 Å². The lowest BCUT2D eigenvalue weighted by molar-refractivity contribution is -0.128. The van der Waals surface area contributed by atoms with Gasteiger partial charge in [-0.1, -0.05) is 12.1 Å². The molecule has 1 fully saturated rings. The Morgan fingerprint density at radius 1 is 1.16 bits per heavy atom. The zero-order valence-corrected chi connectivity index (χ0v) is 17.5. The number of aryl methyl sites for hydroxylation is 1. The third kappa shape index (κ3) is 3.95. The number of fused-ring (bicyclic) bond motifs is 1. The lowest BCUT2D eigenvalue weighted by Crippen LogP contribution is -2.33. The number of carbonyl (C=O) groups excluding carboxylic acids is 1. The maximum atomic E-state index is 13.1. The molecule has 7 nitrogen and oxygen atoms in total. The number of rotatable bonds is 6. The molecule has 31 heavy (non-hydrogen) atoms. The van der Waals surface area contributed by atoms with Crippen LogP contribution in [0, 0.1) is 0 Å². The standard InChI is InChI=1S/C24H25N5O2/c1-31-18-9-7-16(8-10-18)15-29-13-11-21(24(29)30)27-23-19-5-2-6-20(19)26-22(28-23)17-4-3-12-25-14-17/h3-4,7-10,12,14,21H,2,5-6,11,13,15H2,1H3,(H,26,27,28). The summed E-state index contributed by atoms with van der Waals surface area (Å²) in [5, 5.41) is 3.45. The Bertz CT molecular complexity index is 1090. The van der Waals surface area contributed by atoms with Gasteiger partial charge in [-0.3, -0.25) is 9.78 Å². The molecule has 1 atom stereocenters. The highest BCUT2D eigenvalue weighted by molar-refractivity contribution is 5.86. The lowest BCUT2D eigenvalue weighted by Gasteiger charge is -2.19. The number of carbonyl (C=O) groups is 1. The predicted octanol–water partition coefficient (Wildman–Crippen LogP) is 3.25. The third-order valence-electron chi connectivity index (χ3n) is 5.99. The first-order chi connectivity index (χ1) is 15.2. The Morgan fingerprint density at radius 2 is 2.03 bits per heavy atom. The summed E-state index contributed by atoms with van der Waals surface area (Å²) in [6.45, 7) is 1.33. The van der Waals surface area contributed by atoms with E-state index in [1.807, 2.05) is 41.3 Å². The fourth-order valence-corrected chi connectivity index (χ4v) is 4.32. The second-order valence-electron chi connectivity index (χ2n) is 8.01. The van der Waals surface area contributed by atoms with E-state index in [4.69, 9.17) is 14.7 Å². The van der Waals surface area contributed by atoms with Gasteiger partial charge in [-0.25, -0.2) is 9.97 Å². The van der Waals surface area contributed by atoms with Crippen molar-refractivity contribution in [1.82, 2.24) is 19.9 Å². The van der Waals surface area contributed by atoms with Gasteiger partial charge in [0.2, 0.25) is 5.91 Å². The number of hydrogen-bond acceptors (Lipinski definition) is 6. The molecular formula is C24H25N5O2. The van der Waals surface area contributed by atoms with Crippen molar-refractivity contribution in [3.63, 3.8) is 0 Å². The topological polar surface area (TPSA) is 80.2 Å². The molecule has 2 aliphatic rings. The van der Waals surface area contributed by atoms with E-state index in [2.05, 4.69) is 10.3 Å². The van der Waals surface area contributed by atoms with Gasteiger partial charge in [-0.15, -0.1) is 0 Å². The van der Waals surface area contributed by atoms with E-state index in [1.54, 1.807) is 19.5 Å². The van der Waals surface area contributed by atoms with Crippen molar-refractivity contribution in [3.05, 3.63) is 65.6 Å². The Kier molecular flexibility index (Phi) is 5.24. The predicted molar refractivity (Wildman–Crippen MR) is 118 cm³/mol. The first kappa shape index (κ1) is 19.5. The van der Waals surface area contributed by atoms with Crippen LogP contribution in [0.5, 0.6) is 5.75 Å². The summed E-state index contributed by atoms with van der Waals surface area (Å²) in [6.07, 6.45) is 7.24. The number of benzene rings is 1. The summed E-state index contributed by atoms with van der Waals surface area (Å²) < 4.78 is 5.22. The molecule has 0 spiro atoms. The van der Waals surface area contributed by atoms with Gasteiger partial charge in [0.05, 0.1) is 7.11 Å². The molecule has 1 aromatic carbocycles. The quantitative estimate of drug-likeness (QED) is 0.666. The molecule has 0 radical (unpaired) electrons. The van der Waals surface area contributed by atoms with Crippen LogP contribution in [0.3, 0.4) is 0 Å². The minimum absolute atomic E-state index is 0.115. The van der Waals surface area contributed by atoms with Crippen LogP contribution in [0.2, 0.25) is 0 Å². The van der Waals surface area contributed by atoms with E-state index in [9.17, 15) is 4.79 Å². The summed E-state index contributed by atoms with van der Waals surface area (Å²) in [4.78, 5) is 28.7. The van der Waals surface area contributed by atoms with E-state index in [-0.39, 0.29) is 11.9 Å². The number of likely N-dealkylation sites (tertiary alicyclic amines) is 1. The minimum Gasteiger partial charge on any atom is -0.497 e. The van der Waals surface area contributed by atoms with Crippen molar-refractivity contribution >= 4 is 11.7 Å². The monoisotopic (exact) mass is 415 g/mol. The smallest absolute Gasteiger partial charge is 0.245 e. The molecule has 7 heteroatoms. The van der Waals surface area contributed by atoms with E-state index in [1.165, 1.54) is 0 Å². The number of methoxy groups -OCH3 is 1. The molecule has 0 bridgehead atoms. The van der Waals surface area contributed by atoms with Crippen LogP contribution < -0.4 is 10.1 Å². The molecule has 3 heterocycles. The van der Waals surface area contributed by atoms with Crippen molar-refractivity contribution in [2.45, 2.75) is 38.3 Å². The number of nitrogens with zero attached hydrogens (tertiary/aromatic N) is 4. The van der Waals surface area contributed by atoms with E-state index in [0.29, 0.717) is 12.4 Å². The van der Waals surface area contributed by atoms with Crippen LogP contribution in [-0.2, 0) is 24.2 Å². The SMILES string of the molecule is COc1ccc(CN2CCC(Nc3nc(-c4cccnc4)nc4c3CCC4)C2=O)cc1. The summed E-state index contributed by atoms with van der Waals surface area (Å²) in [6, 6.07) is 11.4. The van der Waals surface area contributed by atoms with Gasteiger partial charge in [0.25, 0.3) is 0 Å². The summed E-state index contributed by atoms with van der Waals surface area (Å²) in [7, 11) is 1.65. The van der Waals surface area contributed by atoms with Crippen molar-refractivity contribution in [2.75, 3.05) is 19.0 Å². The molecule has 5 rings (SSSR count). The fourth-order valence-electron chi connectivity index (χ4n) is 4.32. The van der Waals surface area contributed by atoms with Crippen molar-refractivity contribution in [1.29, 1.82) is 0 Å². The second-order valence-corrected chi connectivity index (χ2v) is 8.01. The maximum Gasteiger partial charge on any atom is 0.245 e. The van der Waals surface area contributed by atoms with Crippen molar-refractivity contribution in [2.24, 2.45) is 0 Å². The molecule has 2 aromatic heterocycles. The number of ether oxygens (including phenoxy) is 1. The lowest BCUT2D eigenvalue weighted by atomic mass is 10.2. The van der Waals surface area contributed by atoms with Gasteiger partial charge in [0, 0.05) is 42.3 Å². The first-order valence-electron chi connectivity index (χ1n) is 10.7. The number of nitrogens with one attached hydrogen (secondary N) is 1. The Morgan fingerprint density at radius 3 is 2.81 bits per heavy atom. The van der Waals surface area contributed by atoms with E-state index < -0.39 is 0 Å². The number of aromatic nitrogens is 3. The van der Waals surface area contributed by atoms with Gasteiger partial charge in [-0.05, 0) is 55.5 Å². The number of pyridine rings is 1. The van der Waals surface area contributed by atoms with E-state index in [0.717, 1.165) is 66.2 Å². The van der Waals surface area contributed by atoms with Gasteiger partial charge in [0.1, 0.15) is 17.6 Å².